The summed E-state index contributed by atoms with van der Waals surface area (Å²) in [7, 11) is -0.916. The molecule has 112 valence electrons. The topological polar surface area (TPSA) is 107 Å². The van der Waals surface area contributed by atoms with E-state index in [4.69, 9.17) is 10.2 Å². The van der Waals surface area contributed by atoms with E-state index in [9.17, 15) is 13.2 Å². The van der Waals surface area contributed by atoms with Crippen LogP contribution in [0.5, 0.6) is 0 Å². The highest BCUT2D eigenvalue weighted by Gasteiger charge is 2.20. The Morgan fingerprint density at radius 3 is 2.50 bits per heavy atom. The van der Waals surface area contributed by atoms with Gasteiger partial charge in [0.15, 0.2) is 0 Å². The van der Waals surface area contributed by atoms with Crippen molar-refractivity contribution in [1.82, 2.24) is 4.31 Å². The first kappa shape index (κ1) is 16.4. The molecule has 0 amide bonds. The highest BCUT2D eigenvalue weighted by Crippen LogP contribution is 2.22. The maximum absolute atomic E-state index is 12.0. The fourth-order valence-electron chi connectivity index (χ4n) is 1.53. The summed E-state index contributed by atoms with van der Waals surface area (Å²) in [5, 5.41) is 20.7. The zero-order chi connectivity index (χ0) is 15.3. The minimum Gasteiger partial charge on any atom is -0.478 e. The predicted octanol–water partition coefficient (Wildman–Crippen LogP) is 0.429. The first-order valence-corrected chi connectivity index (χ1v) is 7.39. The molecule has 0 heterocycles. The second-order valence-electron chi connectivity index (χ2n) is 4.30. The molecular formula is C12H18N2O5S. The van der Waals surface area contributed by atoms with E-state index in [0.717, 1.165) is 10.4 Å². The van der Waals surface area contributed by atoms with Gasteiger partial charge in [-0.05, 0) is 24.6 Å². The van der Waals surface area contributed by atoms with Crippen molar-refractivity contribution >= 4 is 21.7 Å². The maximum Gasteiger partial charge on any atom is 0.337 e. The van der Waals surface area contributed by atoms with Crippen molar-refractivity contribution in [3.63, 3.8) is 0 Å². The average molecular weight is 302 g/mol. The van der Waals surface area contributed by atoms with E-state index < -0.39 is 16.0 Å². The maximum atomic E-state index is 12.0. The molecule has 1 aromatic rings. The molecule has 0 aliphatic rings. The minimum atomic E-state index is -3.67. The number of hydrogen-bond acceptors (Lipinski definition) is 5. The fourth-order valence-corrected chi connectivity index (χ4v) is 2.46. The number of hydrogen-bond donors (Lipinski definition) is 3. The van der Waals surface area contributed by atoms with Crippen LogP contribution in [0.3, 0.4) is 0 Å². The van der Waals surface area contributed by atoms with Gasteiger partial charge in [0.2, 0.25) is 10.0 Å². The van der Waals surface area contributed by atoms with Crippen LogP contribution in [-0.2, 0) is 10.0 Å². The molecule has 0 bridgehead atoms. The van der Waals surface area contributed by atoms with Crippen LogP contribution >= 0.6 is 0 Å². The summed E-state index contributed by atoms with van der Waals surface area (Å²) in [5.41, 5.74) is 0.203. The molecule has 0 spiro atoms. The number of aliphatic hydroxyl groups excluding tert-OH is 1. The lowest BCUT2D eigenvalue weighted by Crippen LogP contribution is -2.22. The van der Waals surface area contributed by atoms with Gasteiger partial charge >= 0.3 is 5.97 Å². The monoisotopic (exact) mass is 302 g/mol. The van der Waals surface area contributed by atoms with E-state index in [-0.39, 0.29) is 17.1 Å². The molecule has 0 aliphatic carbocycles. The third-order valence-electron chi connectivity index (χ3n) is 2.65. The molecule has 1 aromatic carbocycles. The number of rotatable bonds is 7. The number of carboxylic acids is 1. The van der Waals surface area contributed by atoms with Gasteiger partial charge in [-0.15, -0.1) is 0 Å². The highest BCUT2D eigenvalue weighted by molar-refractivity contribution is 7.89. The molecule has 1 rings (SSSR count). The van der Waals surface area contributed by atoms with Crippen molar-refractivity contribution in [1.29, 1.82) is 0 Å². The zero-order valence-corrected chi connectivity index (χ0v) is 12.1. The lowest BCUT2D eigenvalue weighted by atomic mass is 10.2. The van der Waals surface area contributed by atoms with Crippen LogP contribution in [0.15, 0.2) is 23.1 Å². The second kappa shape index (κ2) is 6.69. The summed E-state index contributed by atoms with van der Waals surface area (Å²) < 4.78 is 24.9. The third kappa shape index (κ3) is 3.69. The van der Waals surface area contributed by atoms with Gasteiger partial charge in [0.05, 0.1) is 10.5 Å². The Labute approximate surface area is 117 Å². The Kier molecular flexibility index (Phi) is 5.49. The van der Waals surface area contributed by atoms with E-state index in [0.29, 0.717) is 18.7 Å². The molecule has 0 saturated heterocycles. The lowest BCUT2D eigenvalue weighted by molar-refractivity contribution is 0.0697. The Balaban J connectivity index is 3.17. The van der Waals surface area contributed by atoms with Crippen LogP contribution in [0.2, 0.25) is 0 Å². The first-order valence-electron chi connectivity index (χ1n) is 5.95. The number of aliphatic hydroxyl groups is 1. The van der Waals surface area contributed by atoms with Crippen LogP contribution in [0.1, 0.15) is 16.8 Å². The van der Waals surface area contributed by atoms with Gasteiger partial charge in [0.1, 0.15) is 0 Å². The van der Waals surface area contributed by atoms with Gasteiger partial charge in [0, 0.05) is 32.9 Å². The highest BCUT2D eigenvalue weighted by atomic mass is 32.2. The summed E-state index contributed by atoms with van der Waals surface area (Å²) in [6.07, 6.45) is 0.469. The molecular weight excluding hydrogens is 284 g/mol. The molecule has 0 atom stereocenters. The van der Waals surface area contributed by atoms with E-state index in [2.05, 4.69) is 5.32 Å². The number of carbonyl (C=O) groups is 1. The van der Waals surface area contributed by atoms with Crippen molar-refractivity contribution in [2.75, 3.05) is 32.6 Å². The Bertz CT molecular complexity index is 584. The molecule has 0 aliphatic heterocycles. The summed E-state index contributed by atoms with van der Waals surface area (Å²) >= 11 is 0. The normalized spacial score (nSPS) is 11.6. The number of sulfonamides is 1. The van der Waals surface area contributed by atoms with Crippen LogP contribution in [0.25, 0.3) is 0 Å². The van der Waals surface area contributed by atoms with E-state index in [1.54, 1.807) is 0 Å². The smallest absolute Gasteiger partial charge is 0.337 e. The quantitative estimate of drug-likeness (QED) is 0.631. The van der Waals surface area contributed by atoms with Crippen molar-refractivity contribution in [2.45, 2.75) is 11.3 Å². The van der Waals surface area contributed by atoms with Gasteiger partial charge in [0.25, 0.3) is 0 Å². The Morgan fingerprint density at radius 1 is 1.35 bits per heavy atom. The molecule has 0 saturated carbocycles. The van der Waals surface area contributed by atoms with Crippen molar-refractivity contribution in [2.24, 2.45) is 0 Å². The van der Waals surface area contributed by atoms with Crippen LogP contribution < -0.4 is 5.32 Å². The van der Waals surface area contributed by atoms with Crippen molar-refractivity contribution in [3.05, 3.63) is 23.8 Å². The summed E-state index contributed by atoms with van der Waals surface area (Å²) in [6.45, 7) is 0.388. The summed E-state index contributed by atoms with van der Waals surface area (Å²) in [4.78, 5) is 11.1. The summed E-state index contributed by atoms with van der Waals surface area (Å²) in [6, 6.07) is 3.89. The Morgan fingerprint density at radius 2 is 2.00 bits per heavy atom. The third-order valence-corrected chi connectivity index (χ3v) is 4.46. The largest absolute Gasteiger partial charge is 0.478 e. The molecule has 3 N–H and O–H groups in total. The van der Waals surface area contributed by atoms with Crippen LogP contribution in [-0.4, -0.2) is 56.2 Å². The summed E-state index contributed by atoms with van der Waals surface area (Å²) in [5.74, 6) is -1.22. The van der Waals surface area contributed by atoms with Crippen LogP contribution in [0.4, 0.5) is 5.69 Å². The SMILES string of the molecule is CN(C)S(=O)(=O)c1ccc(NCCCO)c(C(=O)O)c1. The number of benzene rings is 1. The molecule has 20 heavy (non-hydrogen) atoms. The zero-order valence-electron chi connectivity index (χ0n) is 11.3. The van der Waals surface area contributed by atoms with Gasteiger partial charge in [-0.2, -0.15) is 0 Å². The first-order chi connectivity index (χ1) is 9.30. The van der Waals surface area contributed by atoms with Gasteiger partial charge in [-0.3, -0.25) is 0 Å². The number of nitrogens with one attached hydrogen (secondary N) is 1. The second-order valence-corrected chi connectivity index (χ2v) is 6.46. The standard InChI is InChI=1S/C12H18N2O5S/c1-14(2)20(18,19)9-4-5-11(13-6-3-7-15)10(8-9)12(16)17/h4-5,8,13,15H,3,6-7H2,1-2H3,(H,16,17). The van der Waals surface area contributed by atoms with Crippen molar-refractivity contribution < 1.29 is 23.4 Å². The van der Waals surface area contributed by atoms with Gasteiger partial charge in [-0.1, -0.05) is 0 Å². The van der Waals surface area contributed by atoms with Crippen molar-refractivity contribution in [3.8, 4) is 0 Å². The number of nitrogens with zero attached hydrogens (tertiary/aromatic N) is 1. The molecule has 0 fully saturated rings. The lowest BCUT2D eigenvalue weighted by Gasteiger charge is -2.14. The molecule has 7 nitrogen and oxygen atoms in total. The van der Waals surface area contributed by atoms with Gasteiger partial charge in [-0.25, -0.2) is 17.5 Å². The number of aromatic carboxylic acids is 1. The van der Waals surface area contributed by atoms with E-state index in [1.165, 1.54) is 26.2 Å². The molecule has 0 aromatic heterocycles. The van der Waals surface area contributed by atoms with Gasteiger partial charge < -0.3 is 15.5 Å². The average Bonchev–Trinajstić information content (AvgIpc) is 2.38. The molecule has 8 heteroatoms. The number of anilines is 1. The molecule has 0 unspecified atom stereocenters. The molecule has 0 radical (unpaired) electrons. The minimum absolute atomic E-state index is 0.0114. The number of carboxylic acid groups (broad SMARTS) is 1. The predicted molar refractivity (Wildman–Crippen MR) is 74.5 cm³/mol. The Hall–Kier alpha value is -1.64. The fraction of sp³-hybridized carbons (Fsp3) is 0.417. The van der Waals surface area contributed by atoms with E-state index in [1.807, 2.05) is 0 Å². The van der Waals surface area contributed by atoms with E-state index >= 15 is 0 Å². The van der Waals surface area contributed by atoms with Crippen LogP contribution in [0, 0.1) is 0 Å².